The zero-order chi connectivity index (χ0) is 16.5. The summed E-state index contributed by atoms with van der Waals surface area (Å²) >= 11 is 0. The Morgan fingerprint density at radius 2 is 1.95 bits per heavy atom. The summed E-state index contributed by atoms with van der Waals surface area (Å²) in [5.41, 5.74) is 0.325. The van der Waals surface area contributed by atoms with E-state index in [0.717, 1.165) is 12.6 Å². The number of rotatable bonds is 8. The molecule has 2 amide bonds. The smallest absolute Gasteiger partial charge is 0.251 e. The Kier molecular flexibility index (Phi) is 7.52. The molecule has 0 bridgehead atoms. The van der Waals surface area contributed by atoms with Gasteiger partial charge >= 0.3 is 0 Å². The molecule has 1 rings (SSSR count). The second-order valence-corrected chi connectivity index (χ2v) is 5.45. The van der Waals surface area contributed by atoms with Crippen molar-refractivity contribution in [2.45, 2.75) is 27.2 Å². The predicted octanol–water partition coefficient (Wildman–Crippen LogP) is 2.15. The first-order valence-electron chi connectivity index (χ1n) is 7.52. The molecule has 6 heteroatoms. The van der Waals surface area contributed by atoms with Gasteiger partial charge in [0.1, 0.15) is 5.82 Å². The number of likely N-dealkylation sites (N-methyl/N-ethyl adjacent to an activating group) is 1. The van der Waals surface area contributed by atoms with Crippen molar-refractivity contribution >= 4 is 17.5 Å². The molecular weight excluding hydrogens is 285 g/mol. The van der Waals surface area contributed by atoms with Crippen LogP contribution >= 0.6 is 0 Å². The molecule has 0 radical (unpaired) electrons. The van der Waals surface area contributed by atoms with Crippen LogP contribution in [0.1, 0.15) is 37.6 Å². The predicted molar refractivity (Wildman–Crippen MR) is 85.4 cm³/mol. The number of carbonyl (C=O) groups excluding carboxylic acids is 2. The van der Waals surface area contributed by atoms with Gasteiger partial charge in [-0.3, -0.25) is 9.59 Å². The van der Waals surface area contributed by atoms with Crippen LogP contribution in [0.15, 0.2) is 18.2 Å². The standard InChI is InChI=1S/C16H24FN3O2/c1-4-18-7-8-19-16(22)12-5-6-14(13(17)10-12)20-15(21)9-11(2)3/h5-6,10-11,18H,4,7-9H2,1-3H3,(H,19,22)(H,20,21). The summed E-state index contributed by atoms with van der Waals surface area (Å²) in [5, 5.41) is 8.28. The monoisotopic (exact) mass is 309 g/mol. The van der Waals surface area contributed by atoms with Gasteiger partial charge in [0.05, 0.1) is 5.69 Å². The topological polar surface area (TPSA) is 70.2 Å². The summed E-state index contributed by atoms with van der Waals surface area (Å²) in [6.45, 7) is 7.77. The molecule has 0 aliphatic heterocycles. The molecule has 22 heavy (non-hydrogen) atoms. The van der Waals surface area contributed by atoms with Crippen molar-refractivity contribution in [3.8, 4) is 0 Å². The maximum Gasteiger partial charge on any atom is 0.251 e. The normalized spacial score (nSPS) is 10.6. The summed E-state index contributed by atoms with van der Waals surface area (Å²) in [6.07, 6.45) is 0.326. The van der Waals surface area contributed by atoms with Crippen LogP contribution in [-0.4, -0.2) is 31.4 Å². The Labute approximate surface area is 130 Å². The van der Waals surface area contributed by atoms with E-state index < -0.39 is 5.82 Å². The third-order valence-corrected chi connectivity index (χ3v) is 2.94. The molecule has 1 aromatic carbocycles. The Bertz CT molecular complexity index is 518. The maximum atomic E-state index is 13.9. The minimum atomic E-state index is -0.614. The van der Waals surface area contributed by atoms with Gasteiger partial charge < -0.3 is 16.0 Å². The molecule has 0 saturated heterocycles. The zero-order valence-corrected chi connectivity index (χ0v) is 13.3. The molecule has 5 nitrogen and oxygen atoms in total. The number of halogens is 1. The van der Waals surface area contributed by atoms with E-state index in [1.165, 1.54) is 12.1 Å². The van der Waals surface area contributed by atoms with E-state index in [0.29, 0.717) is 19.5 Å². The number of carbonyl (C=O) groups is 2. The van der Waals surface area contributed by atoms with Gasteiger partial charge in [-0.25, -0.2) is 4.39 Å². The van der Waals surface area contributed by atoms with E-state index in [1.54, 1.807) is 0 Å². The number of hydrogen-bond acceptors (Lipinski definition) is 3. The summed E-state index contributed by atoms with van der Waals surface area (Å²) in [4.78, 5) is 23.5. The second kappa shape index (κ2) is 9.15. The van der Waals surface area contributed by atoms with Gasteiger partial charge in [0.2, 0.25) is 5.91 Å². The van der Waals surface area contributed by atoms with Crippen molar-refractivity contribution < 1.29 is 14.0 Å². The summed E-state index contributed by atoms with van der Waals surface area (Å²) in [6, 6.07) is 4.04. The number of benzene rings is 1. The first-order chi connectivity index (χ1) is 10.4. The number of nitrogens with one attached hydrogen (secondary N) is 3. The lowest BCUT2D eigenvalue weighted by Gasteiger charge is -2.10. The highest BCUT2D eigenvalue weighted by Gasteiger charge is 2.12. The van der Waals surface area contributed by atoms with Gasteiger partial charge in [-0.15, -0.1) is 0 Å². The molecule has 0 atom stereocenters. The average molecular weight is 309 g/mol. The van der Waals surface area contributed by atoms with Crippen LogP contribution in [0.25, 0.3) is 0 Å². The maximum absolute atomic E-state index is 13.9. The van der Waals surface area contributed by atoms with Crippen molar-refractivity contribution in [3.63, 3.8) is 0 Å². The van der Waals surface area contributed by atoms with E-state index in [1.807, 2.05) is 20.8 Å². The van der Waals surface area contributed by atoms with Crippen molar-refractivity contribution in [2.24, 2.45) is 5.92 Å². The Balaban J connectivity index is 2.61. The van der Waals surface area contributed by atoms with Crippen LogP contribution in [0, 0.1) is 11.7 Å². The van der Waals surface area contributed by atoms with Gasteiger partial charge in [0, 0.05) is 25.1 Å². The Hall–Kier alpha value is -1.95. The van der Waals surface area contributed by atoms with E-state index in [9.17, 15) is 14.0 Å². The summed E-state index contributed by atoms with van der Waals surface area (Å²) < 4.78 is 13.9. The molecule has 122 valence electrons. The number of hydrogen-bond donors (Lipinski definition) is 3. The highest BCUT2D eigenvalue weighted by Crippen LogP contribution is 2.16. The van der Waals surface area contributed by atoms with Gasteiger partial charge in [0.15, 0.2) is 0 Å². The fourth-order valence-electron chi connectivity index (χ4n) is 1.87. The van der Waals surface area contributed by atoms with E-state index in [4.69, 9.17) is 0 Å². The summed E-state index contributed by atoms with van der Waals surface area (Å²) in [5.74, 6) is -0.991. The van der Waals surface area contributed by atoms with Crippen LogP contribution in [0.2, 0.25) is 0 Å². The van der Waals surface area contributed by atoms with E-state index >= 15 is 0 Å². The van der Waals surface area contributed by atoms with Crippen molar-refractivity contribution in [1.29, 1.82) is 0 Å². The molecule has 0 aromatic heterocycles. The lowest BCUT2D eigenvalue weighted by molar-refractivity contribution is -0.116. The molecule has 3 N–H and O–H groups in total. The zero-order valence-electron chi connectivity index (χ0n) is 13.3. The van der Waals surface area contributed by atoms with Crippen LogP contribution in [0.4, 0.5) is 10.1 Å². The molecule has 0 saturated carbocycles. The Morgan fingerprint density at radius 1 is 1.23 bits per heavy atom. The third kappa shape index (κ3) is 6.22. The molecule has 1 aromatic rings. The molecule has 0 unspecified atom stereocenters. The molecular formula is C16H24FN3O2. The van der Waals surface area contributed by atoms with Crippen LogP contribution in [0.5, 0.6) is 0 Å². The van der Waals surface area contributed by atoms with Crippen molar-refractivity contribution in [2.75, 3.05) is 25.0 Å². The minimum Gasteiger partial charge on any atom is -0.351 e. The molecule has 0 heterocycles. The van der Waals surface area contributed by atoms with E-state index in [-0.39, 0.29) is 29.0 Å². The van der Waals surface area contributed by atoms with E-state index in [2.05, 4.69) is 16.0 Å². The van der Waals surface area contributed by atoms with Crippen molar-refractivity contribution in [1.82, 2.24) is 10.6 Å². The highest BCUT2D eigenvalue weighted by atomic mass is 19.1. The first-order valence-corrected chi connectivity index (χ1v) is 7.52. The molecule has 0 fully saturated rings. The van der Waals surface area contributed by atoms with Gasteiger partial charge in [-0.2, -0.15) is 0 Å². The Morgan fingerprint density at radius 3 is 2.55 bits per heavy atom. The SMILES string of the molecule is CCNCCNC(=O)c1ccc(NC(=O)CC(C)C)c(F)c1. The molecule has 0 spiro atoms. The highest BCUT2D eigenvalue weighted by molar-refractivity contribution is 5.96. The lowest BCUT2D eigenvalue weighted by atomic mass is 10.1. The number of anilines is 1. The van der Waals surface area contributed by atoms with Gasteiger partial charge in [0.25, 0.3) is 5.91 Å². The largest absolute Gasteiger partial charge is 0.351 e. The van der Waals surface area contributed by atoms with Crippen LogP contribution < -0.4 is 16.0 Å². The quantitative estimate of drug-likeness (QED) is 0.644. The summed E-state index contributed by atoms with van der Waals surface area (Å²) in [7, 11) is 0. The van der Waals surface area contributed by atoms with Crippen molar-refractivity contribution in [3.05, 3.63) is 29.6 Å². The third-order valence-electron chi connectivity index (χ3n) is 2.94. The molecule has 0 aliphatic rings. The molecule has 0 aliphatic carbocycles. The lowest BCUT2D eigenvalue weighted by Crippen LogP contribution is -2.31. The number of amides is 2. The average Bonchev–Trinajstić information content (AvgIpc) is 2.44. The second-order valence-electron chi connectivity index (χ2n) is 5.45. The fraction of sp³-hybridized carbons (Fsp3) is 0.500. The van der Waals surface area contributed by atoms with Crippen LogP contribution in [0.3, 0.4) is 0 Å². The first kappa shape index (κ1) is 18.1. The minimum absolute atomic E-state index is 0.0925. The van der Waals surface area contributed by atoms with Crippen LogP contribution in [-0.2, 0) is 4.79 Å². The fourth-order valence-corrected chi connectivity index (χ4v) is 1.87. The van der Waals surface area contributed by atoms with Gasteiger partial charge in [-0.1, -0.05) is 20.8 Å². The van der Waals surface area contributed by atoms with Gasteiger partial charge in [-0.05, 0) is 30.7 Å².